The molecule has 0 atom stereocenters. The van der Waals surface area contributed by atoms with E-state index in [-0.39, 0.29) is 18.3 Å². The number of ether oxygens (including phenoxy) is 1. The summed E-state index contributed by atoms with van der Waals surface area (Å²) in [6.45, 7) is 0.155. The van der Waals surface area contributed by atoms with Crippen LogP contribution in [0, 0.1) is 11.3 Å². The molecule has 7 nitrogen and oxygen atoms in total. The number of carbonyl (C=O) groups is 1. The standard InChI is InChI=1S/C23H23Cl2N5O2S2/c1-30-20(12-32-18-10-14(24)8-9-17(18)25)28-29-23(30)33-13-21(31)27-22-16(11-26)15-6-4-2-3-5-7-19(15)34-22/h8-10H,2-7,12-13H2,1H3,(H,27,31). The fourth-order valence-corrected chi connectivity index (χ4v) is 6.07. The normalized spacial score (nSPS) is 13.5. The summed E-state index contributed by atoms with van der Waals surface area (Å²) in [6.07, 6.45) is 6.50. The lowest BCUT2D eigenvalue weighted by molar-refractivity contribution is -0.113. The number of aromatic nitrogens is 3. The van der Waals surface area contributed by atoms with E-state index in [2.05, 4.69) is 21.6 Å². The minimum absolute atomic E-state index is 0.153. The first-order valence-corrected chi connectivity index (χ1v) is 13.5. The number of thioether (sulfide) groups is 1. The number of carbonyl (C=O) groups excluding carboxylic acids is 1. The molecule has 3 aromatic rings. The molecule has 0 saturated carbocycles. The second kappa shape index (κ2) is 11.5. The van der Waals surface area contributed by atoms with Gasteiger partial charge in [-0.05, 0) is 43.4 Å². The molecule has 178 valence electrons. The number of thiophene rings is 1. The van der Waals surface area contributed by atoms with E-state index in [1.165, 1.54) is 40.8 Å². The van der Waals surface area contributed by atoms with Gasteiger partial charge in [0.2, 0.25) is 5.91 Å². The number of amides is 1. The monoisotopic (exact) mass is 535 g/mol. The number of nitrogens with one attached hydrogen (secondary N) is 1. The van der Waals surface area contributed by atoms with E-state index in [1.54, 1.807) is 22.8 Å². The van der Waals surface area contributed by atoms with Gasteiger partial charge in [-0.25, -0.2) is 0 Å². The maximum atomic E-state index is 12.7. The van der Waals surface area contributed by atoms with Crippen LogP contribution in [0.3, 0.4) is 0 Å². The molecular weight excluding hydrogens is 513 g/mol. The number of hydrogen-bond acceptors (Lipinski definition) is 7. The molecule has 1 aliphatic carbocycles. The summed E-state index contributed by atoms with van der Waals surface area (Å²) in [6, 6.07) is 7.30. The summed E-state index contributed by atoms with van der Waals surface area (Å²) in [5.41, 5.74) is 1.74. The van der Waals surface area contributed by atoms with Gasteiger partial charge in [-0.2, -0.15) is 5.26 Å². The van der Waals surface area contributed by atoms with Crippen LogP contribution < -0.4 is 10.1 Å². The lowest BCUT2D eigenvalue weighted by atomic mass is 9.97. The molecule has 0 radical (unpaired) electrons. The molecule has 0 aliphatic heterocycles. The Hall–Kier alpha value is -2.25. The Bertz CT molecular complexity index is 1230. The number of halogens is 2. The van der Waals surface area contributed by atoms with Crippen molar-refractivity contribution in [3.05, 3.63) is 50.1 Å². The number of nitriles is 1. The zero-order valence-corrected chi connectivity index (χ0v) is 21.7. The predicted octanol–water partition coefficient (Wildman–Crippen LogP) is 6.02. The van der Waals surface area contributed by atoms with Crippen molar-refractivity contribution in [2.24, 2.45) is 7.05 Å². The minimum atomic E-state index is -0.178. The van der Waals surface area contributed by atoms with E-state index < -0.39 is 0 Å². The average molecular weight is 537 g/mol. The molecule has 0 fully saturated rings. The van der Waals surface area contributed by atoms with Gasteiger partial charge in [-0.15, -0.1) is 21.5 Å². The van der Waals surface area contributed by atoms with E-state index >= 15 is 0 Å². The van der Waals surface area contributed by atoms with Crippen LogP contribution in [0.2, 0.25) is 10.0 Å². The topological polar surface area (TPSA) is 92.8 Å². The van der Waals surface area contributed by atoms with Crippen LogP contribution >= 0.6 is 46.3 Å². The van der Waals surface area contributed by atoms with E-state index in [4.69, 9.17) is 27.9 Å². The van der Waals surface area contributed by atoms with Crippen LogP contribution in [-0.2, 0) is 31.3 Å². The van der Waals surface area contributed by atoms with Gasteiger partial charge < -0.3 is 14.6 Å². The summed E-state index contributed by atoms with van der Waals surface area (Å²) in [5, 5.41) is 23.2. The third-order valence-electron chi connectivity index (χ3n) is 5.54. The molecule has 34 heavy (non-hydrogen) atoms. The molecule has 11 heteroatoms. The molecule has 1 amide bonds. The highest BCUT2D eigenvalue weighted by atomic mass is 35.5. The number of hydrogen-bond donors (Lipinski definition) is 1. The molecule has 4 rings (SSSR count). The quantitative estimate of drug-likeness (QED) is 0.371. The first kappa shape index (κ1) is 24.9. The minimum Gasteiger partial charge on any atom is -0.484 e. The van der Waals surface area contributed by atoms with Crippen LogP contribution in [0.4, 0.5) is 5.00 Å². The summed E-state index contributed by atoms with van der Waals surface area (Å²) < 4.78 is 7.50. The Labute approximate surface area is 216 Å². The van der Waals surface area contributed by atoms with Crippen LogP contribution in [0.15, 0.2) is 23.4 Å². The maximum Gasteiger partial charge on any atom is 0.235 e. The molecule has 0 unspecified atom stereocenters. The van der Waals surface area contributed by atoms with E-state index in [0.29, 0.717) is 37.3 Å². The summed E-state index contributed by atoms with van der Waals surface area (Å²) in [5.74, 6) is 1.02. The van der Waals surface area contributed by atoms with Gasteiger partial charge in [0.05, 0.1) is 16.3 Å². The fourth-order valence-electron chi connectivity index (χ4n) is 3.75. The molecule has 0 spiro atoms. The van der Waals surface area contributed by atoms with Crippen LogP contribution in [0.25, 0.3) is 0 Å². The molecule has 0 saturated heterocycles. The predicted molar refractivity (Wildman–Crippen MR) is 136 cm³/mol. The first-order chi connectivity index (χ1) is 16.5. The van der Waals surface area contributed by atoms with Crippen molar-refractivity contribution in [3.63, 3.8) is 0 Å². The van der Waals surface area contributed by atoms with E-state index in [1.807, 2.05) is 7.05 Å². The molecule has 0 bridgehead atoms. The zero-order chi connectivity index (χ0) is 24.1. The molecule has 1 aromatic carbocycles. The lowest BCUT2D eigenvalue weighted by Crippen LogP contribution is -2.14. The fraction of sp³-hybridized carbons (Fsp3) is 0.391. The molecular formula is C23H23Cl2N5O2S2. The maximum absolute atomic E-state index is 12.7. The number of anilines is 1. The lowest BCUT2D eigenvalue weighted by Gasteiger charge is -2.09. The number of aryl methyl sites for hydroxylation is 1. The van der Waals surface area contributed by atoms with E-state index in [0.717, 1.165) is 31.2 Å². The first-order valence-electron chi connectivity index (χ1n) is 10.9. The second-order valence-corrected chi connectivity index (χ2v) is 10.8. The van der Waals surface area contributed by atoms with Gasteiger partial charge >= 0.3 is 0 Å². The summed E-state index contributed by atoms with van der Waals surface area (Å²) in [7, 11) is 1.81. The van der Waals surface area contributed by atoms with Gasteiger partial charge in [-0.3, -0.25) is 4.79 Å². The third kappa shape index (κ3) is 5.87. The van der Waals surface area contributed by atoms with Crippen molar-refractivity contribution >= 4 is 57.2 Å². The SMILES string of the molecule is Cn1c(COc2cc(Cl)ccc2Cl)nnc1SCC(=O)Nc1sc2c(c1C#N)CCCCCC2. The number of benzene rings is 1. The molecule has 1 N–H and O–H groups in total. The van der Waals surface area contributed by atoms with Gasteiger partial charge in [-0.1, -0.05) is 47.8 Å². The molecule has 2 aromatic heterocycles. The highest BCUT2D eigenvalue weighted by Gasteiger charge is 2.21. The van der Waals surface area contributed by atoms with Crippen molar-refractivity contribution in [3.8, 4) is 11.8 Å². The van der Waals surface area contributed by atoms with Crippen molar-refractivity contribution in [2.45, 2.75) is 50.3 Å². The number of nitrogens with zero attached hydrogens (tertiary/aromatic N) is 4. The largest absolute Gasteiger partial charge is 0.484 e. The van der Waals surface area contributed by atoms with Gasteiger partial charge in [0, 0.05) is 23.0 Å². The van der Waals surface area contributed by atoms with E-state index in [9.17, 15) is 10.1 Å². The van der Waals surface area contributed by atoms with Crippen LogP contribution in [0.5, 0.6) is 5.75 Å². The smallest absolute Gasteiger partial charge is 0.235 e. The van der Waals surface area contributed by atoms with Gasteiger partial charge in [0.15, 0.2) is 11.0 Å². The number of fused-ring (bicyclic) bond motifs is 1. The van der Waals surface area contributed by atoms with Gasteiger partial charge in [0.1, 0.15) is 23.4 Å². The highest BCUT2D eigenvalue weighted by Crippen LogP contribution is 2.36. The van der Waals surface area contributed by atoms with Gasteiger partial charge in [0.25, 0.3) is 0 Å². The Kier molecular flexibility index (Phi) is 8.37. The van der Waals surface area contributed by atoms with Crippen molar-refractivity contribution in [1.29, 1.82) is 5.26 Å². The number of rotatable bonds is 7. The van der Waals surface area contributed by atoms with Crippen molar-refractivity contribution in [2.75, 3.05) is 11.1 Å². The van der Waals surface area contributed by atoms with Crippen molar-refractivity contribution in [1.82, 2.24) is 14.8 Å². The average Bonchev–Trinajstić information content (AvgIpc) is 3.31. The zero-order valence-electron chi connectivity index (χ0n) is 18.6. The summed E-state index contributed by atoms with van der Waals surface area (Å²) in [4.78, 5) is 13.9. The Morgan fingerprint density at radius 1 is 1.26 bits per heavy atom. The van der Waals surface area contributed by atoms with Crippen LogP contribution in [0.1, 0.15) is 47.5 Å². The highest BCUT2D eigenvalue weighted by molar-refractivity contribution is 7.99. The molecule has 2 heterocycles. The summed E-state index contributed by atoms with van der Waals surface area (Å²) >= 11 is 14.9. The van der Waals surface area contributed by atoms with Crippen LogP contribution in [-0.4, -0.2) is 26.4 Å². The Morgan fingerprint density at radius 3 is 2.85 bits per heavy atom. The Balaban J connectivity index is 1.36. The molecule has 1 aliphatic rings. The van der Waals surface area contributed by atoms with Crippen molar-refractivity contribution < 1.29 is 9.53 Å². The second-order valence-electron chi connectivity index (χ2n) is 7.89. The third-order valence-corrected chi connectivity index (χ3v) is 8.32. The Morgan fingerprint density at radius 2 is 2.06 bits per heavy atom.